The number of rotatable bonds is 3. The number of nitrogens with one attached hydrogen (secondary N) is 2. The van der Waals surface area contributed by atoms with Crippen LogP contribution in [-0.4, -0.2) is 19.0 Å². The molecule has 4 heteroatoms. The number of benzene rings is 1. The van der Waals surface area contributed by atoms with Crippen LogP contribution in [0.2, 0.25) is 0 Å². The molecule has 3 unspecified atom stereocenters. The molecule has 2 bridgehead atoms. The Labute approximate surface area is 113 Å². The Kier molecular flexibility index (Phi) is 3.09. The molecule has 1 aromatic rings. The van der Waals surface area contributed by atoms with Crippen LogP contribution in [0.4, 0.5) is 11.4 Å². The van der Waals surface area contributed by atoms with E-state index in [1.165, 1.54) is 25.7 Å². The molecule has 3 atom stereocenters. The number of amides is 1. The van der Waals surface area contributed by atoms with Gasteiger partial charge in [-0.1, -0.05) is 6.42 Å². The summed E-state index contributed by atoms with van der Waals surface area (Å²) in [5.74, 6) is 1.61. The molecule has 19 heavy (non-hydrogen) atoms. The fourth-order valence-corrected chi connectivity index (χ4v) is 3.59. The molecule has 4 N–H and O–H groups in total. The van der Waals surface area contributed by atoms with Gasteiger partial charge in [-0.2, -0.15) is 0 Å². The number of nitrogen functional groups attached to an aromatic ring is 1. The van der Waals surface area contributed by atoms with E-state index in [-0.39, 0.29) is 5.91 Å². The van der Waals surface area contributed by atoms with E-state index in [0.717, 1.165) is 23.2 Å². The predicted molar refractivity (Wildman–Crippen MR) is 77.1 cm³/mol. The molecule has 0 saturated heterocycles. The monoisotopic (exact) mass is 259 g/mol. The van der Waals surface area contributed by atoms with Gasteiger partial charge in [0.15, 0.2) is 0 Å². The van der Waals surface area contributed by atoms with Gasteiger partial charge in [0.05, 0.1) is 11.4 Å². The van der Waals surface area contributed by atoms with Crippen molar-refractivity contribution >= 4 is 17.3 Å². The van der Waals surface area contributed by atoms with Crippen LogP contribution >= 0.6 is 0 Å². The lowest BCUT2D eigenvalue weighted by Gasteiger charge is -2.25. The summed E-state index contributed by atoms with van der Waals surface area (Å²) in [7, 11) is 1.64. The minimum Gasteiger partial charge on any atom is -0.397 e. The fourth-order valence-electron chi connectivity index (χ4n) is 3.59. The summed E-state index contributed by atoms with van der Waals surface area (Å²) in [5, 5.41) is 6.20. The van der Waals surface area contributed by atoms with Crippen LogP contribution in [0.5, 0.6) is 0 Å². The van der Waals surface area contributed by atoms with Crippen molar-refractivity contribution in [2.45, 2.75) is 31.7 Å². The molecular formula is C15H21N3O. The third-order valence-electron chi connectivity index (χ3n) is 4.62. The van der Waals surface area contributed by atoms with Crippen molar-refractivity contribution in [1.82, 2.24) is 5.32 Å². The minimum atomic E-state index is -0.0732. The molecule has 0 spiro atoms. The lowest BCUT2D eigenvalue weighted by atomic mass is 9.95. The third-order valence-corrected chi connectivity index (χ3v) is 4.62. The highest BCUT2D eigenvalue weighted by atomic mass is 16.1. The summed E-state index contributed by atoms with van der Waals surface area (Å²) in [5.41, 5.74) is 8.29. The number of fused-ring (bicyclic) bond motifs is 2. The van der Waals surface area contributed by atoms with E-state index in [1.54, 1.807) is 19.2 Å². The molecule has 2 aliphatic rings. The van der Waals surface area contributed by atoms with Crippen LogP contribution in [0, 0.1) is 11.8 Å². The van der Waals surface area contributed by atoms with Gasteiger partial charge in [-0.15, -0.1) is 0 Å². The van der Waals surface area contributed by atoms with Gasteiger partial charge in [0.2, 0.25) is 0 Å². The molecule has 0 aromatic heterocycles. The summed E-state index contributed by atoms with van der Waals surface area (Å²) < 4.78 is 0. The van der Waals surface area contributed by atoms with Gasteiger partial charge in [0.25, 0.3) is 5.91 Å². The van der Waals surface area contributed by atoms with E-state index in [1.807, 2.05) is 6.07 Å². The van der Waals surface area contributed by atoms with Crippen molar-refractivity contribution in [3.8, 4) is 0 Å². The average Bonchev–Trinajstić information content (AvgIpc) is 3.02. The minimum absolute atomic E-state index is 0.0732. The fraction of sp³-hybridized carbons (Fsp3) is 0.533. The predicted octanol–water partition coefficient (Wildman–Crippen LogP) is 2.23. The number of hydrogen-bond donors (Lipinski definition) is 3. The van der Waals surface area contributed by atoms with E-state index in [9.17, 15) is 4.79 Å². The molecule has 2 aliphatic carbocycles. The normalized spacial score (nSPS) is 28.4. The zero-order valence-corrected chi connectivity index (χ0v) is 11.3. The van der Waals surface area contributed by atoms with E-state index in [0.29, 0.717) is 11.6 Å². The Morgan fingerprint density at radius 2 is 2.16 bits per heavy atom. The van der Waals surface area contributed by atoms with Crippen LogP contribution < -0.4 is 16.4 Å². The third kappa shape index (κ3) is 2.27. The molecule has 0 radical (unpaired) electrons. The maximum absolute atomic E-state index is 11.7. The molecule has 4 nitrogen and oxygen atoms in total. The van der Waals surface area contributed by atoms with Crippen molar-refractivity contribution < 1.29 is 4.79 Å². The smallest absolute Gasteiger partial charge is 0.251 e. The summed E-state index contributed by atoms with van der Waals surface area (Å²) >= 11 is 0. The van der Waals surface area contributed by atoms with E-state index in [4.69, 9.17) is 5.73 Å². The molecular weight excluding hydrogens is 238 g/mol. The zero-order chi connectivity index (χ0) is 13.4. The Hall–Kier alpha value is -1.71. The first-order valence-corrected chi connectivity index (χ1v) is 7.05. The quantitative estimate of drug-likeness (QED) is 0.729. The maximum Gasteiger partial charge on any atom is 0.251 e. The first-order valence-electron chi connectivity index (χ1n) is 7.05. The number of carbonyl (C=O) groups is 1. The van der Waals surface area contributed by atoms with E-state index < -0.39 is 0 Å². The molecule has 2 fully saturated rings. The zero-order valence-electron chi connectivity index (χ0n) is 11.3. The molecule has 2 saturated carbocycles. The Morgan fingerprint density at radius 1 is 1.32 bits per heavy atom. The number of nitrogens with two attached hydrogens (primary N) is 1. The second-order valence-electron chi connectivity index (χ2n) is 5.81. The highest BCUT2D eigenvalue weighted by Gasteiger charge is 2.39. The Morgan fingerprint density at radius 3 is 2.79 bits per heavy atom. The standard InChI is InChI=1S/C15H21N3O/c1-17-15(19)11-4-5-12(16)14(8-11)18-13-7-9-2-3-10(13)6-9/h4-5,8-10,13,18H,2-3,6-7,16H2,1H3,(H,17,19). The van der Waals surface area contributed by atoms with Crippen LogP contribution in [0.1, 0.15) is 36.0 Å². The average molecular weight is 259 g/mol. The lowest BCUT2D eigenvalue weighted by Crippen LogP contribution is -2.26. The topological polar surface area (TPSA) is 67.2 Å². The summed E-state index contributed by atoms with van der Waals surface area (Å²) in [4.78, 5) is 11.7. The van der Waals surface area contributed by atoms with Crippen molar-refractivity contribution in [2.24, 2.45) is 11.8 Å². The van der Waals surface area contributed by atoms with Crippen molar-refractivity contribution in [2.75, 3.05) is 18.1 Å². The second kappa shape index (κ2) is 4.76. The summed E-state index contributed by atoms with van der Waals surface area (Å²) in [6, 6.07) is 5.96. The summed E-state index contributed by atoms with van der Waals surface area (Å²) in [6.45, 7) is 0. The highest BCUT2D eigenvalue weighted by Crippen LogP contribution is 2.45. The van der Waals surface area contributed by atoms with Crippen molar-refractivity contribution in [3.63, 3.8) is 0 Å². The van der Waals surface area contributed by atoms with Crippen LogP contribution in [-0.2, 0) is 0 Å². The summed E-state index contributed by atoms with van der Waals surface area (Å²) in [6.07, 6.45) is 5.31. The first kappa shape index (κ1) is 12.3. The van der Waals surface area contributed by atoms with Crippen molar-refractivity contribution in [3.05, 3.63) is 23.8 Å². The number of hydrogen-bond acceptors (Lipinski definition) is 3. The molecule has 1 amide bonds. The lowest BCUT2D eigenvalue weighted by molar-refractivity contribution is 0.0963. The van der Waals surface area contributed by atoms with Gasteiger partial charge in [-0.3, -0.25) is 4.79 Å². The van der Waals surface area contributed by atoms with Crippen LogP contribution in [0.3, 0.4) is 0 Å². The Bertz CT molecular complexity index is 500. The van der Waals surface area contributed by atoms with Gasteiger partial charge in [0, 0.05) is 18.7 Å². The molecule has 3 rings (SSSR count). The number of carbonyl (C=O) groups excluding carboxylic acids is 1. The van der Waals surface area contributed by atoms with Gasteiger partial charge < -0.3 is 16.4 Å². The largest absolute Gasteiger partial charge is 0.397 e. The van der Waals surface area contributed by atoms with Crippen molar-refractivity contribution in [1.29, 1.82) is 0 Å². The highest BCUT2D eigenvalue weighted by molar-refractivity contribution is 5.96. The van der Waals surface area contributed by atoms with Crippen LogP contribution in [0.25, 0.3) is 0 Å². The SMILES string of the molecule is CNC(=O)c1ccc(N)c(NC2CC3CCC2C3)c1. The van der Waals surface area contributed by atoms with Gasteiger partial charge in [0.1, 0.15) is 0 Å². The van der Waals surface area contributed by atoms with Gasteiger partial charge in [-0.05, 0) is 49.3 Å². The van der Waals surface area contributed by atoms with Gasteiger partial charge >= 0.3 is 0 Å². The van der Waals surface area contributed by atoms with E-state index >= 15 is 0 Å². The molecule has 1 aromatic carbocycles. The van der Waals surface area contributed by atoms with Crippen LogP contribution in [0.15, 0.2) is 18.2 Å². The number of anilines is 2. The maximum atomic E-state index is 11.7. The molecule has 102 valence electrons. The Balaban J connectivity index is 1.78. The second-order valence-corrected chi connectivity index (χ2v) is 5.81. The molecule has 0 aliphatic heterocycles. The van der Waals surface area contributed by atoms with Gasteiger partial charge in [-0.25, -0.2) is 0 Å². The first-order chi connectivity index (χ1) is 9.17. The molecule has 0 heterocycles. The van der Waals surface area contributed by atoms with E-state index in [2.05, 4.69) is 10.6 Å².